The van der Waals surface area contributed by atoms with Crippen molar-refractivity contribution in [3.05, 3.63) is 0 Å². The summed E-state index contributed by atoms with van der Waals surface area (Å²) in [5, 5.41) is 0. The van der Waals surface area contributed by atoms with Gasteiger partial charge in [0.2, 0.25) is 0 Å². The summed E-state index contributed by atoms with van der Waals surface area (Å²) in [4.78, 5) is 4.99. The molecular weight excluding hydrogens is 705 g/mol. The molecule has 0 N–H and O–H groups in total. The molecule has 0 bridgehead atoms. The lowest BCUT2D eigenvalue weighted by atomic mass is 9.69. The van der Waals surface area contributed by atoms with Crippen molar-refractivity contribution >= 4 is 0 Å². The van der Waals surface area contributed by atoms with Crippen LogP contribution in [-0.2, 0) is 4.74 Å². The monoisotopic (exact) mass is 817 g/mol. The van der Waals surface area contributed by atoms with E-state index in [1.54, 1.807) is 0 Å². The van der Waals surface area contributed by atoms with E-state index >= 15 is 0 Å². The minimum Gasteiger partial charge on any atom is -0.378 e. The highest BCUT2D eigenvalue weighted by molar-refractivity contribution is 4.86. The van der Waals surface area contributed by atoms with Crippen LogP contribution in [0.2, 0.25) is 0 Å². The van der Waals surface area contributed by atoms with E-state index in [2.05, 4.69) is 141 Å². The summed E-state index contributed by atoms with van der Waals surface area (Å²) < 4.78 is 5.65. The second-order valence-corrected chi connectivity index (χ2v) is 27.1. The lowest BCUT2D eigenvalue weighted by molar-refractivity contribution is -0.00809. The molecular formula is C55H112N2O. The van der Waals surface area contributed by atoms with Gasteiger partial charge >= 0.3 is 0 Å². The Hall–Kier alpha value is -0.120. The highest BCUT2D eigenvalue weighted by Crippen LogP contribution is 2.41. The third-order valence-electron chi connectivity index (χ3n) is 13.9. The summed E-state index contributed by atoms with van der Waals surface area (Å²) >= 11 is 0. The second-order valence-electron chi connectivity index (χ2n) is 27.1. The fraction of sp³-hybridized carbons (Fsp3) is 1.00. The Balaban J connectivity index is 0.000000350. The smallest absolute Gasteiger partial charge is 0.0575 e. The molecule has 2 heterocycles. The first-order valence-corrected chi connectivity index (χ1v) is 25.5. The fourth-order valence-electron chi connectivity index (χ4n) is 8.42. The van der Waals surface area contributed by atoms with E-state index in [-0.39, 0.29) is 0 Å². The van der Waals surface area contributed by atoms with E-state index in [1.165, 1.54) is 155 Å². The average Bonchev–Trinajstić information content (AvgIpc) is 3.82. The van der Waals surface area contributed by atoms with Gasteiger partial charge in [-0.1, -0.05) is 170 Å². The van der Waals surface area contributed by atoms with Crippen LogP contribution in [0.25, 0.3) is 0 Å². The van der Waals surface area contributed by atoms with Crippen LogP contribution in [0.1, 0.15) is 247 Å². The van der Waals surface area contributed by atoms with Gasteiger partial charge in [-0.3, -0.25) is 0 Å². The minimum atomic E-state index is 0.434. The summed E-state index contributed by atoms with van der Waals surface area (Å²) in [5.74, 6) is 4.06. The molecule has 0 unspecified atom stereocenters. The van der Waals surface area contributed by atoms with Gasteiger partial charge in [0.1, 0.15) is 0 Å². The highest BCUT2D eigenvalue weighted by Gasteiger charge is 2.33. The SMILES string of the molecule is CC(C)(C)C1CCC1.CC(C)(C)C1CCCCC1.CC(C)(C)CC1CC1.CC(C)(C)CCN1CCCCC1.CC(C)(C)CCOC1CCC1.CN1CC(C(C)(C)C)C1. The van der Waals surface area contributed by atoms with Crippen molar-refractivity contribution in [2.75, 3.05) is 46.4 Å². The molecule has 58 heavy (non-hydrogen) atoms. The van der Waals surface area contributed by atoms with E-state index in [4.69, 9.17) is 4.74 Å². The van der Waals surface area contributed by atoms with Gasteiger partial charge < -0.3 is 14.5 Å². The van der Waals surface area contributed by atoms with Gasteiger partial charge in [0.25, 0.3) is 0 Å². The molecule has 4 saturated carbocycles. The molecule has 0 amide bonds. The topological polar surface area (TPSA) is 15.7 Å². The van der Waals surface area contributed by atoms with Crippen LogP contribution in [-0.4, -0.2) is 62.3 Å². The first-order valence-electron chi connectivity index (χ1n) is 25.5. The van der Waals surface area contributed by atoms with Crippen molar-refractivity contribution in [1.82, 2.24) is 9.80 Å². The van der Waals surface area contributed by atoms with Gasteiger partial charge in [0, 0.05) is 19.7 Å². The first kappa shape index (κ1) is 55.9. The lowest BCUT2D eigenvalue weighted by Crippen LogP contribution is -2.49. The minimum absolute atomic E-state index is 0.434. The molecule has 0 radical (unpaired) electrons. The Morgan fingerprint density at radius 1 is 0.431 bits per heavy atom. The molecule has 6 rings (SSSR count). The van der Waals surface area contributed by atoms with E-state index < -0.39 is 0 Å². The number of piperidine rings is 1. The molecule has 0 aromatic rings. The van der Waals surface area contributed by atoms with Gasteiger partial charge in [-0.2, -0.15) is 0 Å². The molecule has 6 fully saturated rings. The molecule has 4 aliphatic carbocycles. The third-order valence-corrected chi connectivity index (χ3v) is 13.9. The predicted molar refractivity (Wildman–Crippen MR) is 262 cm³/mol. The average molecular weight is 818 g/mol. The zero-order valence-corrected chi connectivity index (χ0v) is 43.9. The van der Waals surface area contributed by atoms with Gasteiger partial charge in [-0.25, -0.2) is 0 Å². The summed E-state index contributed by atoms with van der Waals surface area (Å²) in [6, 6.07) is 0. The van der Waals surface area contributed by atoms with Crippen LogP contribution < -0.4 is 0 Å². The zero-order valence-electron chi connectivity index (χ0n) is 43.9. The highest BCUT2D eigenvalue weighted by atomic mass is 16.5. The first-order chi connectivity index (χ1) is 26.4. The summed E-state index contributed by atoms with van der Waals surface area (Å²) in [7, 11) is 2.18. The number of hydrogen-bond acceptors (Lipinski definition) is 3. The second kappa shape index (κ2) is 25.9. The molecule has 2 saturated heterocycles. The Morgan fingerprint density at radius 2 is 0.845 bits per heavy atom. The van der Waals surface area contributed by atoms with Gasteiger partial charge in [0.05, 0.1) is 6.10 Å². The van der Waals surface area contributed by atoms with E-state index in [0.717, 1.165) is 30.3 Å². The number of nitrogens with zero attached hydrogens (tertiary/aromatic N) is 2. The van der Waals surface area contributed by atoms with E-state index in [1.807, 2.05) is 0 Å². The third kappa shape index (κ3) is 30.0. The van der Waals surface area contributed by atoms with E-state index in [0.29, 0.717) is 38.6 Å². The summed E-state index contributed by atoms with van der Waals surface area (Å²) in [6.45, 7) is 49.4. The molecule has 2 aliphatic heterocycles. The zero-order chi connectivity index (χ0) is 44.4. The fourth-order valence-corrected chi connectivity index (χ4v) is 8.42. The molecule has 3 heteroatoms. The molecule has 0 atom stereocenters. The molecule has 3 nitrogen and oxygen atoms in total. The molecule has 348 valence electrons. The molecule has 0 aromatic carbocycles. The molecule has 6 aliphatic rings. The Labute approximate surface area is 368 Å². The maximum absolute atomic E-state index is 5.65. The van der Waals surface area contributed by atoms with Crippen molar-refractivity contribution in [1.29, 1.82) is 0 Å². The van der Waals surface area contributed by atoms with Crippen molar-refractivity contribution in [2.45, 2.75) is 253 Å². The van der Waals surface area contributed by atoms with Crippen LogP contribution in [0, 0.1) is 56.2 Å². The quantitative estimate of drug-likeness (QED) is 0.266. The van der Waals surface area contributed by atoms with Crippen LogP contribution in [0.15, 0.2) is 0 Å². The van der Waals surface area contributed by atoms with Crippen molar-refractivity contribution in [3.8, 4) is 0 Å². The van der Waals surface area contributed by atoms with Crippen molar-refractivity contribution in [3.63, 3.8) is 0 Å². The molecule has 0 aromatic heterocycles. The molecule has 0 spiro atoms. The maximum atomic E-state index is 5.65. The lowest BCUT2D eigenvalue weighted by Gasteiger charge is -2.44. The van der Waals surface area contributed by atoms with Crippen molar-refractivity contribution in [2.24, 2.45) is 56.2 Å². The normalized spacial score (nSPS) is 22.0. The summed E-state index contributed by atoms with van der Waals surface area (Å²) in [5.41, 5.74) is 3.23. The predicted octanol–water partition coefficient (Wildman–Crippen LogP) is 16.8. The standard InChI is InChI=1S/C11H23N.C10H20O.C10H20.C8H17N.2C8H16/c1-11(2,3)7-10-12-8-5-4-6-9-12;1-10(2,3)7-8-11-9-5-4-6-9;1-10(2,3)9-7-5-4-6-8-9;1-8(2,3)7-5-9(4)6-7;1-8(2,3)6-7-4-5-7;1-8(2,3)7-5-4-6-7/h4-10H2,1-3H3;9H,4-8H2,1-3H3;9H,4-8H2,1-3H3;7H,5-6H2,1-4H3;2*7H,4-6H2,1-3H3. The Bertz CT molecular complexity index is 991. The largest absolute Gasteiger partial charge is 0.378 e. The van der Waals surface area contributed by atoms with Gasteiger partial charge in [-0.15, -0.1) is 0 Å². The Morgan fingerprint density at radius 3 is 1.10 bits per heavy atom. The van der Waals surface area contributed by atoms with Crippen molar-refractivity contribution < 1.29 is 4.74 Å². The van der Waals surface area contributed by atoms with Crippen LogP contribution in [0.3, 0.4) is 0 Å². The maximum Gasteiger partial charge on any atom is 0.0575 e. The van der Waals surface area contributed by atoms with Gasteiger partial charge in [0.15, 0.2) is 0 Å². The Kier molecular flexibility index (Phi) is 24.9. The van der Waals surface area contributed by atoms with E-state index in [9.17, 15) is 0 Å². The number of ether oxygens (including phenoxy) is 1. The summed E-state index contributed by atoms with van der Waals surface area (Å²) in [6.07, 6.45) is 27.6. The van der Waals surface area contributed by atoms with Crippen LogP contribution in [0.5, 0.6) is 0 Å². The van der Waals surface area contributed by atoms with Gasteiger partial charge in [-0.05, 0) is 160 Å². The van der Waals surface area contributed by atoms with Crippen LogP contribution in [0.4, 0.5) is 0 Å². The van der Waals surface area contributed by atoms with Crippen LogP contribution >= 0.6 is 0 Å². The number of rotatable bonds is 6. The number of likely N-dealkylation sites (tertiary alicyclic amines) is 2. The number of hydrogen-bond donors (Lipinski definition) is 0.